The Balaban J connectivity index is 2.11. The minimum absolute atomic E-state index is 0.0586. The Morgan fingerprint density at radius 1 is 1.64 bits per heavy atom. The minimum Gasteiger partial charge on any atom is -0.391 e. The molecule has 2 aliphatic rings. The van der Waals surface area contributed by atoms with Gasteiger partial charge in [-0.3, -0.25) is 4.57 Å². The number of aliphatic hydroxyl groups is 3. The SMILES string of the molecule is C=C1NC(N)=Nc2c1ncn2[C@@H]1OC([C@@H](C)O)C(O)[C@]1(O)C#CCF. The van der Waals surface area contributed by atoms with E-state index in [2.05, 4.69) is 33.7 Å². The molecule has 1 aromatic heterocycles. The number of hydrogen-bond acceptors (Lipinski definition) is 8. The predicted molar refractivity (Wildman–Crippen MR) is 86.0 cm³/mol. The maximum Gasteiger partial charge on any atom is 0.199 e. The fourth-order valence-electron chi connectivity index (χ4n) is 2.89. The summed E-state index contributed by atoms with van der Waals surface area (Å²) in [5.74, 6) is 4.67. The number of rotatable bonds is 2. The second kappa shape index (κ2) is 6.12. The third-order valence-corrected chi connectivity index (χ3v) is 4.07. The first kappa shape index (κ1) is 17.4. The second-order valence-electron chi connectivity index (χ2n) is 5.82. The first-order valence-corrected chi connectivity index (χ1v) is 7.46. The summed E-state index contributed by atoms with van der Waals surface area (Å²) in [4.78, 5) is 8.25. The molecule has 3 rings (SSSR count). The highest BCUT2D eigenvalue weighted by molar-refractivity contribution is 5.93. The van der Waals surface area contributed by atoms with Gasteiger partial charge in [0.2, 0.25) is 0 Å². The van der Waals surface area contributed by atoms with Gasteiger partial charge in [-0.15, -0.1) is 0 Å². The van der Waals surface area contributed by atoms with Crippen LogP contribution in [0.15, 0.2) is 17.9 Å². The fraction of sp³-hybridized carbons (Fsp3) is 0.467. The summed E-state index contributed by atoms with van der Waals surface area (Å²) in [5.41, 5.74) is 4.27. The van der Waals surface area contributed by atoms with Crippen LogP contribution in [0.25, 0.3) is 5.70 Å². The van der Waals surface area contributed by atoms with Crippen LogP contribution in [0.3, 0.4) is 0 Å². The zero-order valence-electron chi connectivity index (χ0n) is 13.3. The van der Waals surface area contributed by atoms with Crippen LogP contribution in [0.4, 0.5) is 10.2 Å². The number of fused-ring (bicyclic) bond motifs is 1. The van der Waals surface area contributed by atoms with Crippen molar-refractivity contribution in [2.75, 3.05) is 6.67 Å². The monoisotopic (exact) mass is 351 g/mol. The summed E-state index contributed by atoms with van der Waals surface area (Å²) in [6.45, 7) is 4.15. The lowest BCUT2D eigenvalue weighted by Gasteiger charge is -2.27. The van der Waals surface area contributed by atoms with Crippen molar-refractivity contribution in [1.29, 1.82) is 0 Å². The number of nitrogens with one attached hydrogen (secondary N) is 1. The van der Waals surface area contributed by atoms with Gasteiger partial charge >= 0.3 is 0 Å². The number of nitrogens with zero attached hydrogens (tertiary/aromatic N) is 3. The lowest BCUT2D eigenvalue weighted by Crippen LogP contribution is -2.47. The molecule has 0 bridgehead atoms. The molecule has 2 aliphatic heterocycles. The molecule has 0 saturated carbocycles. The molecule has 1 aromatic rings. The van der Waals surface area contributed by atoms with E-state index in [1.807, 2.05) is 0 Å². The van der Waals surface area contributed by atoms with Gasteiger partial charge < -0.3 is 31.1 Å². The minimum atomic E-state index is -2.18. The first-order valence-electron chi connectivity index (χ1n) is 7.46. The predicted octanol–water partition coefficient (Wildman–Crippen LogP) is -1.25. The lowest BCUT2D eigenvalue weighted by molar-refractivity contribution is -0.0855. The van der Waals surface area contributed by atoms with Gasteiger partial charge in [-0.05, 0) is 6.92 Å². The van der Waals surface area contributed by atoms with Crippen molar-refractivity contribution in [2.24, 2.45) is 10.7 Å². The quantitative estimate of drug-likeness (QED) is 0.420. The smallest absolute Gasteiger partial charge is 0.199 e. The highest BCUT2D eigenvalue weighted by Gasteiger charge is 2.57. The third-order valence-electron chi connectivity index (χ3n) is 4.07. The zero-order chi connectivity index (χ0) is 18.4. The topological polar surface area (TPSA) is 138 Å². The number of guanidine groups is 1. The van der Waals surface area contributed by atoms with Gasteiger partial charge in [-0.25, -0.2) is 9.37 Å². The van der Waals surface area contributed by atoms with Gasteiger partial charge in [0.25, 0.3) is 0 Å². The van der Waals surface area contributed by atoms with Crippen LogP contribution in [0.1, 0.15) is 18.8 Å². The van der Waals surface area contributed by atoms with E-state index in [0.29, 0.717) is 11.4 Å². The molecule has 2 unspecified atom stereocenters. The van der Waals surface area contributed by atoms with Gasteiger partial charge in [-0.1, -0.05) is 18.4 Å². The molecule has 1 fully saturated rings. The summed E-state index contributed by atoms with van der Waals surface area (Å²) in [5, 5.41) is 33.8. The van der Waals surface area contributed by atoms with Crippen LogP contribution >= 0.6 is 0 Å². The lowest BCUT2D eigenvalue weighted by atomic mass is 9.92. The third kappa shape index (κ3) is 2.67. The Kier molecular flexibility index (Phi) is 4.26. The van der Waals surface area contributed by atoms with Crippen LogP contribution in [0, 0.1) is 11.8 Å². The normalized spacial score (nSPS) is 32.3. The Hall–Kier alpha value is -2.45. The molecule has 1 saturated heterocycles. The molecular formula is C15H18FN5O4. The molecular weight excluding hydrogens is 333 g/mol. The molecule has 6 N–H and O–H groups in total. The summed E-state index contributed by atoms with van der Waals surface area (Å²) < 4.78 is 19.4. The number of aromatic nitrogens is 2. The van der Waals surface area contributed by atoms with Crippen molar-refractivity contribution in [3.05, 3.63) is 18.6 Å². The molecule has 134 valence electrons. The molecule has 10 heteroatoms. The van der Waals surface area contributed by atoms with Crippen LogP contribution in [-0.4, -0.2) is 61.4 Å². The standard InChI is InChI=1S/C15H18FN5O4/c1-7-9-12(20-14(17)19-7)21(6-18-9)13-15(24,4-3-5-16)11(23)10(25-13)8(2)22/h6,8,10-11,13,22-24H,1,5H2,2H3,(H3,17,19,20)/t8-,10?,11?,13-,15-/m1/s1. The van der Waals surface area contributed by atoms with Crippen molar-refractivity contribution in [3.63, 3.8) is 0 Å². The van der Waals surface area contributed by atoms with E-state index < -0.39 is 36.8 Å². The molecule has 0 aromatic carbocycles. The van der Waals surface area contributed by atoms with E-state index in [-0.39, 0.29) is 11.8 Å². The molecule has 9 nitrogen and oxygen atoms in total. The van der Waals surface area contributed by atoms with Gasteiger partial charge in [0.1, 0.15) is 24.6 Å². The van der Waals surface area contributed by atoms with Crippen LogP contribution in [-0.2, 0) is 4.74 Å². The van der Waals surface area contributed by atoms with Crippen molar-refractivity contribution in [3.8, 4) is 11.8 Å². The molecule has 0 amide bonds. The van der Waals surface area contributed by atoms with Crippen LogP contribution in [0.2, 0.25) is 0 Å². The molecule has 3 heterocycles. The Morgan fingerprint density at radius 3 is 3.00 bits per heavy atom. The number of aliphatic imine (C=N–C) groups is 1. The van der Waals surface area contributed by atoms with Gasteiger partial charge in [0.15, 0.2) is 23.6 Å². The summed E-state index contributed by atoms with van der Waals surface area (Å²) in [6.07, 6.45) is -3.82. The molecule has 5 atom stereocenters. The van der Waals surface area contributed by atoms with E-state index >= 15 is 0 Å². The number of imidazole rings is 1. The maximum atomic E-state index is 12.5. The maximum absolute atomic E-state index is 12.5. The van der Waals surface area contributed by atoms with E-state index in [1.54, 1.807) is 0 Å². The van der Waals surface area contributed by atoms with Crippen molar-refractivity contribution < 1.29 is 24.4 Å². The van der Waals surface area contributed by atoms with Crippen LogP contribution in [0.5, 0.6) is 0 Å². The highest BCUT2D eigenvalue weighted by Crippen LogP contribution is 2.42. The summed E-state index contributed by atoms with van der Waals surface area (Å²) in [6, 6.07) is 0. The Morgan fingerprint density at radius 2 is 2.36 bits per heavy atom. The Labute approximate surface area is 142 Å². The number of hydrogen-bond donors (Lipinski definition) is 5. The zero-order valence-corrected chi connectivity index (χ0v) is 13.3. The van der Waals surface area contributed by atoms with Crippen molar-refractivity contribution in [1.82, 2.24) is 14.9 Å². The molecule has 25 heavy (non-hydrogen) atoms. The molecule has 0 spiro atoms. The van der Waals surface area contributed by atoms with E-state index in [1.165, 1.54) is 17.8 Å². The van der Waals surface area contributed by atoms with Gasteiger partial charge in [-0.2, -0.15) is 4.99 Å². The highest BCUT2D eigenvalue weighted by atomic mass is 19.1. The summed E-state index contributed by atoms with van der Waals surface area (Å²) >= 11 is 0. The largest absolute Gasteiger partial charge is 0.391 e. The number of ether oxygens (including phenoxy) is 1. The molecule has 0 radical (unpaired) electrons. The fourth-order valence-corrected chi connectivity index (χ4v) is 2.89. The number of aliphatic hydroxyl groups excluding tert-OH is 2. The number of halogens is 1. The Bertz CT molecular complexity index is 796. The molecule has 0 aliphatic carbocycles. The van der Waals surface area contributed by atoms with Crippen LogP contribution < -0.4 is 11.1 Å². The van der Waals surface area contributed by atoms with E-state index in [0.717, 1.165) is 0 Å². The van der Waals surface area contributed by atoms with Gasteiger partial charge in [0, 0.05) is 0 Å². The average Bonchev–Trinajstić information content (AvgIpc) is 3.06. The second-order valence-corrected chi connectivity index (χ2v) is 5.82. The number of nitrogens with two attached hydrogens (primary N) is 1. The average molecular weight is 351 g/mol. The van der Waals surface area contributed by atoms with Crippen molar-refractivity contribution >= 4 is 17.5 Å². The van der Waals surface area contributed by atoms with Crippen molar-refractivity contribution in [2.45, 2.75) is 37.1 Å². The van der Waals surface area contributed by atoms with E-state index in [4.69, 9.17) is 10.5 Å². The van der Waals surface area contributed by atoms with E-state index in [9.17, 15) is 19.7 Å². The first-order chi connectivity index (χ1) is 11.8. The number of alkyl halides is 1. The summed E-state index contributed by atoms with van der Waals surface area (Å²) in [7, 11) is 0. The van der Waals surface area contributed by atoms with Gasteiger partial charge in [0.05, 0.1) is 18.1 Å².